The summed E-state index contributed by atoms with van der Waals surface area (Å²) in [5.41, 5.74) is 0.984. The summed E-state index contributed by atoms with van der Waals surface area (Å²) in [4.78, 5) is 0. The van der Waals surface area contributed by atoms with E-state index in [1.165, 1.54) is 0 Å². The van der Waals surface area contributed by atoms with Gasteiger partial charge in [0.2, 0.25) is 0 Å². The first-order valence-electron chi connectivity index (χ1n) is 3.43. The maximum Gasteiger partial charge on any atom is 0.0418 e. The van der Waals surface area contributed by atoms with Crippen molar-refractivity contribution in [2.45, 2.75) is 6.42 Å². The summed E-state index contributed by atoms with van der Waals surface area (Å²) in [6, 6.07) is 0. The van der Waals surface area contributed by atoms with E-state index < -0.39 is 0 Å². The lowest BCUT2D eigenvalue weighted by molar-refractivity contribution is 0.847. The Balaban J connectivity index is 2.69. The van der Waals surface area contributed by atoms with Crippen molar-refractivity contribution < 1.29 is 0 Å². The predicted octanol–water partition coefficient (Wildman–Crippen LogP) is 2.87. The summed E-state index contributed by atoms with van der Waals surface area (Å²) >= 11 is 5.68. The molecule has 56 valence electrons. The predicted molar refractivity (Wildman–Crippen MR) is 49.2 cm³/mol. The van der Waals surface area contributed by atoms with E-state index in [1.807, 2.05) is 18.2 Å². The number of halogens is 1. The minimum absolute atomic E-state index is 0.231. The van der Waals surface area contributed by atoms with Crippen LogP contribution >= 0.6 is 11.6 Å². The Morgan fingerprint density at radius 3 is 2.91 bits per heavy atom. The van der Waals surface area contributed by atoms with Gasteiger partial charge in [-0.05, 0) is 12.0 Å². The minimum atomic E-state index is 0.231. The number of hydrogen-bond acceptors (Lipinski definition) is 0. The highest BCUT2D eigenvalue weighted by Gasteiger charge is 2.05. The Hall–Kier alpha value is -0.930. The van der Waals surface area contributed by atoms with E-state index in [0.29, 0.717) is 5.03 Å². The first kappa shape index (κ1) is 8.17. The molecule has 0 aromatic heterocycles. The van der Waals surface area contributed by atoms with Gasteiger partial charge < -0.3 is 0 Å². The SMILES string of the molecule is C#CC1C=CC(C(=C)Cl)=CC1. The third-order valence-corrected chi connectivity index (χ3v) is 1.85. The Labute approximate surface area is 72.3 Å². The fourth-order valence-corrected chi connectivity index (χ4v) is 1.09. The van der Waals surface area contributed by atoms with Crippen LogP contribution < -0.4 is 0 Å². The van der Waals surface area contributed by atoms with Gasteiger partial charge in [-0.3, -0.25) is 0 Å². The van der Waals surface area contributed by atoms with Crippen LogP contribution in [0.15, 0.2) is 35.4 Å². The summed E-state index contributed by atoms with van der Waals surface area (Å²) in [6.07, 6.45) is 12.0. The van der Waals surface area contributed by atoms with Crippen molar-refractivity contribution in [3.8, 4) is 12.3 Å². The lowest BCUT2D eigenvalue weighted by atomic mass is 9.97. The molecule has 0 nitrogen and oxygen atoms in total. The van der Waals surface area contributed by atoms with Crippen molar-refractivity contribution in [2.24, 2.45) is 5.92 Å². The van der Waals surface area contributed by atoms with Crippen LogP contribution in [0.3, 0.4) is 0 Å². The molecule has 0 bridgehead atoms. The Kier molecular flexibility index (Phi) is 2.57. The summed E-state index contributed by atoms with van der Waals surface area (Å²) < 4.78 is 0. The molecular formula is C10H9Cl. The van der Waals surface area contributed by atoms with Gasteiger partial charge in [-0.1, -0.05) is 42.3 Å². The molecule has 0 heterocycles. The van der Waals surface area contributed by atoms with E-state index in [-0.39, 0.29) is 5.92 Å². The van der Waals surface area contributed by atoms with Gasteiger partial charge in [0.25, 0.3) is 0 Å². The Morgan fingerprint density at radius 2 is 2.55 bits per heavy atom. The molecule has 1 rings (SSSR count). The molecule has 0 aromatic carbocycles. The Morgan fingerprint density at radius 1 is 1.82 bits per heavy atom. The molecule has 0 spiro atoms. The molecule has 1 aliphatic rings. The van der Waals surface area contributed by atoms with Crippen LogP contribution in [-0.4, -0.2) is 0 Å². The molecule has 11 heavy (non-hydrogen) atoms. The highest BCUT2D eigenvalue weighted by atomic mass is 35.5. The lowest BCUT2D eigenvalue weighted by Crippen LogP contribution is -1.95. The van der Waals surface area contributed by atoms with E-state index in [2.05, 4.69) is 12.5 Å². The second-order valence-electron chi connectivity index (χ2n) is 2.43. The zero-order chi connectivity index (χ0) is 8.27. The molecule has 0 saturated carbocycles. The maximum absolute atomic E-state index is 5.68. The van der Waals surface area contributed by atoms with Crippen molar-refractivity contribution in [2.75, 3.05) is 0 Å². The molecule has 0 aliphatic heterocycles. The molecule has 0 radical (unpaired) electrons. The van der Waals surface area contributed by atoms with Gasteiger partial charge in [0.15, 0.2) is 0 Å². The summed E-state index contributed by atoms with van der Waals surface area (Å²) in [5.74, 6) is 2.89. The molecule has 0 fully saturated rings. The first-order chi connectivity index (χ1) is 5.24. The van der Waals surface area contributed by atoms with Crippen molar-refractivity contribution in [1.82, 2.24) is 0 Å². The molecule has 1 atom stereocenters. The van der Waals surface area contributed by atoms with Crippen molar-refractivity contribution >= 4 is 11.6 Å². The third kappa shape index (κ3) is 2.00. The molecule has 1 heteroatoms. The second kappa shape index (κ2) is 3.46. The number of terminal acetylenes is 1. The quantitative estimate of drug-likeness (QED) is 0.523. The topological polar surface area (TPSA) is 0 Å². The van der Waals surface area contributed by atoms with E-state index in [0.717, 1.165) is 12.0 Å². The molecule has 0 aromatic rings. The van der Waals surface area contributed by atoms with Gasteiger partial charge in [-0.25, -0.2) is 0 Å². The summed E-state index contributed by atoms with van der Waals surface area (Å²) in [6.45, 7) is 3.62. The van der Waals surface area contributed by atoms with Gasteiger partial charge in [0.1, 0.15) is 0 Å². The fourth-order valence-electron chi connectivity index (χ4n) is 0.945. The standard InChI is InChI=1S/C10H9Cl/c1-3-9-4-6-10(7-5-9)8(2)11/h1,4,6-7,9H,2,5H2. The molecule has 0 saturated heterocycles. The average Bonchev–Trinajstić information content (AvgIpc) is 2.05. The van der Waals surface area contributed by atoms with E-state index in [4.69, 9.17) is 18.0 Å². The van der Waals surface area contributed by atoms with E-state index in [1.54, 1.807) is 0 Å². The molecule has 0 amide bonds. The van der Waals surface area contributed by atoms with Gasteiger partial charge in [0.05, 0.1) is 0 Å². The molecule has 1 unspecified atom stereocenters. The lowest BCUT2D eigenvalue weighted by Gasteiger charge is -2.09. The minimum Gasteiger partial charge on any atom is -0.119 e. The summed E-state index contributed by atoms with van der Waals surface area (Å²) in [5, 5.41) is 0.580. The average molecular weight is 165 g/mol. The van der Waals surface area contributed by atoms with Gasteiger partial charge in [-0.15, -0.1) is 6.42 Å². The monoisotopic (exact) mass is 164 g/mol. The maximum atomic E-state index is 5.68. The van der Waals surface area contributed by atoms with Crippen LogP contribution in [0.5, 0.6) is 0 Å². The zero-order valence-electron chi connectivity index (χ0n) is 6.18. The van der Waals surface area contributed by atoms with Crippen LogP contribution in [0.2, 0.25) is 0 Å². The molecular weight excluding hydrogens is 156 g/mol. The van der Waals surface area contributed by atoms with E-state index >= 15 is 0 Å². The highest BCUT2D eigenvalue weighted by Crippen LogP contribution is 2.21. The normalized spacial score (nSPS) is 22.2. The van der Waals surface area contributed by atoms with Crippen LogP contribution in [0.1, 0.15) is 6.42 Å². The first-order valence-corrected chi connectivity index (χ1v) is 3.81. The number of allylic oxidation sites excluding steroid dienone is 5. The fraction of sp³-hybridized carbons (Fsp3) is 0.200. The van der Waals surface area contributed by atoms with Crippen molar-refractivity contribution in [1.29, 1.82) is 0 Å². The largest absolute Gasteiger partial charge is 0.119 e. The summed E-state index contributed by atoms with van der Waals surface area (Å²) in [7, 11) is 0. The second-order valence-corrected chi connectivity index (χ2v) is 2.89. The number of hydrogen-bond donors (Lipinski definition) is 0. The van der Waals surface area contributed by atoms with Gasteiger partial charge in [-0.2, -0.15) is 0 Å². The molecule has 0 N–H and O–H groups in total. The van der Waals surface area contributed by atoms with Gasteiger partial charge >= 0.3 is 0 Å². The van der Waals surface area contributed by atoms with Crippen LogP contribution in [-0.2, 0) is 0 Å². The smallest absolute Gasteiger partial charge is 0.0418 e. The Bertz CT molecular complexity index is 263. The van der Waals surface area contributed by atoms with E-state index in [9.17, 15) is 0 Å². The number of rotatable bonds is 1. The van der Waals surface area contributed by atoms with Crippen LogP contribution in [0, 0.1) is 18.3 Å². The zero-order valence-corrected chi connectivity index (χ0v) is 6.93. The van der Waals surface area contributed by atoms with Crippen molar-refractivity contribution in [3.05, 3.63) is 35.4 Å². The van der Waals surface area contributed by atoms with Gasteiger partial charge in [0, 0.05) is 11.0 Å². The highest BCUT2D eigenvalue weighted by molar-refractivity contribution is 6.31. The van der Waals surface area contributed by atoms with Crippen LogP contribution in [0.4, 0.5) is 0 Å². The van der Waals surface area contributed by atoms with Crippen LogP contribution in [0.25, 0.3) is 0 Å². The van der Waals surface area contributed by atoms with Crippen molar-refractivity contribution in [3.63, 3.8) is 0 Å². The molecule has 1 aliphatic carbocycles. The third-order valence-electron chi connectivity index (χ3n) is 1.63.